The molecule has 1 rings (SSSR count). The fourth-order valence-corrected chi connectivity index (χ4v) is 2.44. The first-order chi connectivity index (χ1) is 7.97. The fraction of sp³-hybridized carbons (Fsp3) is 0.538. The first kappa shape index (κ1) is 14.4. The summed E-state index contributed by atoms with van der Waals surface area (Å²) < 4.78 is 13.1. The third-order valence-electron chi connectivity index (χ3n) is 3.00. The maximum absolute atomic E-state index is 13.1. The van der Waals surface area contributed by atoms with E-state index >= 15 is 0 Å². The summed E-state index contributed by atoms with van der Waals surface area (Å²) in [5.41, 5.74) is 6.62. The van der Waals surface area contributed by atoms with E-state index in [0.717, 1.165) is 12.0 Å². The molecule has 0 aliphatic carbocycles. The van der Waals surface area contributed by atoms with Crippen molar-refractivity contribution in [2.45, 2.75) is 19.4 Å². The van der Waals surface area contributed by atoms with Gasteiger partial charge >= 0.3 is 0 Å². The van der Waals surface area contributed by atoms with Crippen molar-refractivity contribution >= 4 is 11.6 Å². The second-order valence-electron chi connectivity index (χ2n) is 4.64. The standard InChI is InChI=1S/C13H20ClFN2/c1-9(6-7-16)13(17(2)3)10-4-5-12(15)11(14)8-10/h4-5,8-9,13H,6-7,16H2,1-3H3. The number of halogens is 2. The van der Waals surface area contributed by atoms with Gasteiger partial charge in [0.05, 0.1) is 5.02 Å². The third-order valence-corrected chi connectivity index (χ3v) is 3.29. The molecule has 0 amide bonds. The molecule has 17 heavy (non-hydrogen) atoms. The summed E-state index contributed by atoms with van der Waals surface area (Å²) in [7, 11) is 4.02. The molecule has 0 spiro atoms. The van der Waals surface area contributed by atoms with Gasteiger partial charge in [0.15, 0.2) is 0 Å². The number of benzene rings is 1. The largest absolute Gasteiger partial charge is 0.330 e. The van der Waals surface area contributed by atoms with E-state index in [-0.39, 0.29) is 16.9 Å². The van der Waals surface area contributed by atoms with Crippen molar-refractivity contribution < 1.29 is 4.39 Å². The highest BCUT2D eigenvalue weighted by molar-refractivity contribution is 6.30. The summed E-state index contributed by atoms with van der Waals surface area (Å²) in [6.45, 7) is 2.80. The number of hydrogen-bond donors (Lipinski definition) is 1. The van der Waals surface area contributed by atoms with Crippen molar-refractivity contribution in [2.24, 2.45) is 11.7 Å². The molecular weight excluding hydrogens is 239 g/mol. The Morgan fingerprint density at radius 2 is 2.06 bits per heavy atom. The molecule has 0 radical (unpaired) electrons. The van der Waals surface area contributed by atoms with Gasteiger partial charge in [0.25, 0.3) is 0 Å². The summed E-state index contributed by atoms with van der Waals surface area (Å²) >= 11 is 5.83. The molecule has 1 aromatic carbocycles. The zero-order valence-corrected chi connectivity index (χ0v) is 11.3. The van der Waals surface area contributed by atoms with Crippen molar-refractivity contribution in [2.75, 3.05) is 20.6 Å². The molecule has 0 bridgehead atoms. The quantitative estimate of drug-likeness (QED) is 0.880. The summed E-state index contributed by atoms with van der Waals surface area (Å²) in [4.78, 5) is 2.11. The number of nitrogens with zero attached hydrogens (tertiary/aromatic N) is 1. The van der Waals surface area contributed by atoms with Crippen LogP contribution >= 0.6 is 11.6 Å². The fourth-order valence-electron chi connectivity index (χ4n) is 2.25. The molecule has 2 unspecified atom stereocenters. The molecule has 4 heteroatoms. The number of rotatable bonds is 5. The summed E-state index contributed by atoms with van der Waals surface area (Å²) in [6, 6.07) is 5.12. The lowest BCUT2D eigenvalue weighted by atomic mass is 9.91. The van der Waals surface area contributed by atoms with Crippen LogP contribution in [0.25, 0.3) is 0 Å². The smallest absolute Gasteiger partial charge is 0.141 e. The summed E-state index contributed by atoms with van der Waals surface area (Å²) in [5.74, 6) is 0.0240. The summed E-state index contributed by atoms with van der Waals surface area (Å²) in [5, 5.41) is 0.175. The molecule has 0 fully saturated rings. The Hall–Kier alpha value is -0.640. The van der Waals surface area contributed by atoms with Crippen LogP contribution in [-0.4, -0.2) is 25.5 Å². The van der Waals surface area contributed by atoms with Crippen LogP contribution in [0.4, 0.5) is 4.39 Å². The van der Waals surface area contributed by atoms with Crippen molar-refractivity contribution in [3.8, 4) is 0 Å². The van der Waals surface area contributed by atoms with Gasteiger partial charge in [-0.3, -0.25) is 0 Å². The van der Waals surface area contributed by atoms with E-state index in [2.05, 4.69) is 11.8 Å². The van der Waals surface area contributed by atoms with Gasteiger partial charge in [0.2, 0.25) is 0 Å². The van der Waals surface area contributed by atoms with E-state index in [1.165, 1.54) is 6.07 Å². The second kappa shape index (κ2) is 6.34. The highest BCUT2D eigenvalue weighted by atomic mass is 35.5. The lowest BCUT2D eigenvalue weighted by Crippen LogP contribution is -2.27. The van der Waals surface area contributed by atoms with Crippen LogP contribution < -0.4 is 5.73 Å². The average Bonchev–Trinajstić information content (AvgIpc) is 2.23. The van der Waals surface area contributed by atoms with Crippen LogP contribution in [0.15, 0.2) is 18.2 Å². The normalized spacial score (nSPS) is 15.0. The Morgan fingerprint density at radius 1 is 1.41 bits per heavy atom. The maximum atomic E-state index is 13.1. The molecular formula is C13H20ClFN2. The molecule has 0 aliphatic heterocycles. The van der Waals surface area contributed by atoms with Crippen LogP contribution in [0.1, 0.15) is 24.9 Å². The lowest BCUT2D eigenvalue weighted by molar-refractivity contribution is 0.216. The Labute approximate surface area is 108 Å². The molecule has 0 aromatic heterocycles. The topological polar surface area (TPSA) is 29.3 Å². The zero-order chi connectivity index (χ0) is 13.0. The molecule has 1 aromatic rings. The van der Waals surface area contributed by atoms with Crippen LogP contribution in [-0.2, 0) is 0 Å². The van der Waals surface area contributed by atoms with Crippen LogP contribution in [0.2, 0.25) is 5.02 Å². The Balaban J connectivity index is 3.01. The van der Waals surface area contributed by atoms with E-state index in [1.807, 2.05) is 14.1 Å². The van der Waals surface area contributed by atoms with E-state index in [1.54, 1.807) is 12.1 Å². The Morgan fingerprint density at radius 3 is 2.53 bits per heavy atom. The average molecular weight is 259 g/mol. The van der Waals surface area contributed by atoms with Gasteiger partial charge in [0.1, 0.15) is 5.82 Å². The van der Waals surface area contributed by atoms with Crippen LogP contribution in [0, 0.1) is 11.7 Å². The molecule has 0 heterocycles. The molecule has 2 nitrogen and oxygen atoms in total. The van der Waals surface area contributed by atoms with Crippen molar-refractivity contribution in [1.82, 2.24) is 4.90 Å². The minimum Gasteiger partial charge on any atom is -0.330 e. The predicted octanol–water partition coefficient (Wildman–Crippen LogP) is 3.07. The zero-order valence-electron chi connectivity index (χ0n) is 10.6. The first-order valence-corrected chi connectivity index (χ1v) is 6.16. The van der Waals surface area contributed by atoms with Gasteiger partial charge in [-0.25, -0.2) is 4.39 Å². The van der Waals surface area contributed by atoms with E-state index in [4.69, 9.17) is 17.3 Å². The molecule has 0 saturated heterocycles. The highest BCUT2D eigenvalue weighted by Crippen LogP contribution is 2.30. The Kier molecular flexibility index (Phi) is 5.37. The second-order valence-corrected chi connectivity index (χ2v) is 5.04. The van der Waals surface area contributed by atoms with E-state index in [9.17, 15) is 4.39 Å². The van der Waals surface area contributed by atoms with Gasteiger partial charge in [-0.1, -0.05) is 24.6 Å². The van der Waals surface area contributed by atoms with Gasteiger partial charge in [-0.15, -0.1) is 0 Å². The maximum Gasteiger partial charge on any atom is 0.141 e. The van der Waals surface area contributed by atoms with Gasteiger partial charge in [-0.2, -0.15) is 0 Å². The van der Waals surface area contributed by atoms with Crippen molar-refractivity contribution in [3.05, 3.63) is 34.6 Å². The first-order valence-electron chi connectivity index (χ1n) is 5.78. The predicted molar refractivity (Wildman–Crippen MR) is 70.7 cm³/mol. The molecule has 2 atom stereocenters. The molecule has 96 valence electrons. The summed E-state index contributed by atoms with van der Waals surface area (Å²) in [6.07, 6.45) is 0.928. The molecule has 0 saturated carbocycles. The van der Waals surface area contributed by atoms with Crippen LogP contribution in [0.3, 0.4) is 0 Å². The van der Waals surface area contributed by atoms with Crippen LogP contribution in [0.5, 0.6) is 0 Å². The van der Waals surface area contributed by atoms with E-state index < -0.39 is 0 Å². The number of hydrogen-bond acceptors (Lipinski definition) is 2. The number of nitrogens with two attached hydrogens (primary N) is 1. The van der Waals surface area contributed by atoms with Gasteiger partial charge in [0, 0.05) is 6.04 Å². The van der Waals surface area contributed by atoms with Gasteiger partial charge in [-0.05, 0) is 50.7 Å². The highest BCUT2D eigenvalue weighted by Gasteiger charge is 2.21. The molecule has 0 aliphatic rings. The SMILES string of the molecule is CC(CCN)C(c1ccc(F)c(Cl)c1)N(C)C. The van der Waals surface area contributed by atoms with Gasteiger partial charge < -0.3 is 10.6 Å². The van der Waals surface area contributed by atoms with Crippen molar-refractivity contribution in [3.63, 3.8) is 0 Å². The molecule has 2 N–H and O–H groups in total. The minimum absolute atomic E-state index is 0.175. The minimum atomic E-state index is -0.376. The van der Waals surface area contributed by atoms with Crippen molar-refractivity contribution in [1.29, 1.82) is 0 Å². The lowest BCUT2D eigenvalue weighted by Gasteiger charge is -2.30. The monoisotopic (exact) mass is 258 g/mol. The van der Waals surface area contributed by atoms with E-state index in [0.29, 0.717) is 12.5 Å². The third kappa shape index (κ3) is 3.66. The Bertz CT molecular complexity index is 368.